The van der Waals surface area contributed by atoms with Gasteiger partial charge in [-0.1, -0.05) is 13.8 Å². The van der Waals surface area contributed by atoms with Crippen LogP contribution in [0.3, 0.4) is 0 Å². The number of fused-ring (bicyclic) bond motifs is 1. The molecule has 1 unspecified atom stereocenters. The largest absolute Gasteiger partial charge is 0.468 e. The lowest BCUT2D eigenvalue weighted by Crippen LogP contribution is -2.41. The Balaban J connectivity index is 2.14. The first kappa shape index (κ1) is 14.0. The van der Waals surface area contributed by atoms with Crippen molar-refractivity contribution < 1.29 is 9.53 Å². The van der Waals surface area contributed by atoms with Crippen LogP contribution in [0.15, 0.2) is 11.6 Å². The van der Waals surface area contributed by atoms with Gasteiger partial charge in [0.25, 0.3) is 0 Å². The molecule has 0 spiro atoms. The van der Waals surface area contributed by atoms with Gasteiger partial charge in [-0.15, -0.1) is 11.3 Å². The van der Waals surface area contributed by atoms with Gasteiger partial charge < -0.3 is 4.74 Å². The summed E-state index contributed by atoms with van der Waals surface area (Å²) in [4.78, 5) is 17.2. The monoisotopic (exact) mass is 281 g/mol. The van der Waals surface area contributed by atoms with Crippen molar-refractivity contribution in [3.63, 3.8) is 0 Å². The maximum absolute atomic E-state index is 11.7. The SMILES string of the molecule is COC(=O)C(NCc1c(C)nc2sccn12)C(C)C. The van der Waals surface area contributed by atoms with Crippen molar-refractivity contribution in [1.82, 2.24) is 14.7 Å². The second-order valence-corrected chi connectivity index (χ2v) is 5.70. The van der Waals surface area contributed by atoms with Crippen LogP contribution in [-0.2, 0) is 16.1 Å². The van der Waals surface area contributed by atoms with Crippen molar-refractivity contribution in [2.24, 2.45) is 5.92 Å². The number of hydrogen-bond donors (Lipinski definition) is 1. The van der Waals surface area contributed by atoms with E-state index in [0.29, 0.717) is 6.54 Å². The van der Waals surface area contributed by atoms with Crippen molar-refractivity contribution in [2.75, 3.05) is 7.11 Å². The van der Waals surface area contributed by atoms with Crippen molar-refractivity contribution in [3.8, 4) is 0 Å². The number of thiazole rings is 1. The Morgan fingerprint density at radius 3 is 2.95 bits per heavy atom. The second-order valence-electron chi connectivity index (χ2n) is 4.83. The fourth-order valence-electron chi connectivity index (χ4n) is 2.08. The van der Waals surface area contributed by atoms with E-state index in [2.05, 4.69) is 14.7 Å². The lowest BCUT2D eigenvalue weighted by atomic mass is 10.0. The summed E-state index contributed by atoms with van der Waals surface area (Å²) in [5.41, 5.74) is 2.08. The number of nitrogens with zero attached hydrogens (tertiary/aromatic N) is 2. The molecule has 6 heteroatoms. The van der Waals surface area contributed by atoms with Crippen LogP contribution < -0.4 is 5.32 Å². The molecule has 0 bridgehead atoms. The van der Waals surface area contributed by atoms with Crippen molar-refractivity contribution in [1.29, 1.82) is 0 Å². The minimum absolute atomic E-state index is 0.179. The van der Waals surface area contributed by atoms with Gasteiger partial charge in [0.15, 0.2) is 4.96 Å². The number of nitrogens with one attached hydrogen (secondary N) is 1. The molecule has 0 saturated heterocycles. The van der Waals surface area contributed by atoms with E-state index in [1.165, 1.54) is 7.11 Å². The average Bonchev–Trinajstić information content (AvgIpc) is 2.91. The number of methoxy groups -OCH3 is 1. The molecule has 2 aromatic heterocycles. The topological polar surface area (TPSA) is 55.6 Å². The van der Waals surface area contributed by atoms with Crippen LogP contribution in [0, 0.1) is 12.8 Å². The fourth-order valence-corrected chi connectivity index (χ4v) is 2.86. The van der Waals surface area contributed by atoms with Gasteiger partial charge in [0.2, 0.25) is 0 Å². The van der Waals surface area contributed by atoms with E-state index in [1.807, 2.05) is 32.3 Å². The van der Waals surface area contributed by atoms with E-state index in [4.69, 9.17) is 4.74 Å². The Kier molecular flexibility index (Phi) is 4.21. The predicted octanol–water partition coefficient (Wildman–Crippen LogP) is 1.99. The van der Waals surface area contributed by atoms with Crippen LogP contribution in [0.4, 0.5) is 0 Å². The molecule has 104 valence electrons. The summed E-state index contributed by atoms with van der Waals surface area (Å²) in [5, 5.41) is 5.27. The van der Waals surface area contributed by atoms with E-state index in [-0.39, 0.29) is 17.9 Å². The highest BCUT2D eigenvalue weighted by Gasteiger charge is 2.23. The number of carbonyl (C=O) groups excluding carboxylic acids is 1. The lowest BCUT2D eigenvalue weighted by Gasteiger charge is -2.19. The highest BCUT2D eigenvalue weighted by atomic mass is 32.1. The summed E-state index contributed by atoms with van der Waals surface area (Å²) in [7, 11) is 1.42. The zero-order valence-electron chi connectivity index (χ0n) is 11.6. The molecule has 0 radical (unpaired) electrons. The number of ether oxygens (including phenoxy) is 1. The number of carbonyl (C=O) groups is 1. The van der Waals surface area contributed by atoms with Gasteiger partial charge >= 0.3 is 5.97 Å². The third-order valence-electron chi connectivity index (χ3n) is 3.17. The molecule has 1 atom stereocenters. The van der Waals surface area contributed by atoms with Gasteiger partial charge in [0, 0.05) is 18.1 Å². The molecular formula is C13H19N3O2S. The molecule has 0 amide bonds. The summed E-state index contributed by atoms with van der Waals surface area (Å²) >= 11 is 1.61. The Morgan fingerprint density at radius 2 is 2.32 bits per heavy atom. The molecule has 0 fully saturated rings. The second kappa shape index (κ2) is 5.71. The smallest absolute Gasteiger partial charge is 0.323 e. The predicted molar refractivity (Wildman–Crippen MR) is 75.3 cm³/mol. The molecule has 0 aromatic carbocycles. The minimum Gasteiger partial charge on any atom is -0.468 e. The molecule has 0 saturated carbocycles. The van der Waals surface area contributed by atoms with E-state index in [0.717, 1.165) is 16.3 Å². The van der Waals surface area contributed by atoms with E-state index in [1.54, 1.807) is 11.3 Å². The molecular weight excluding hydrogens is 262 g/mol. The quantitative estimate of drug-likeness (QED) is 0.852. The third kappa shape index (κ3) is 2.79. The number of rotatable bonds is 5. The molecule has 2 rings (SSSR count). The summed E-state index contributed by atoms with van der Waals surface area (Å²) in [6, 6.07) is -0.298. The first-order valence-corrected chi connectivity index (χ1v) is 7.14. The Hall–Kier alpha value is -1.40. The highest BCUT2D eigenvalue weighted by molar-refractivity contribution is 7.15. The van der Waals surface area contributed by atoms with E-state index < -0.39 is 0 Å². The first-order chi connectivity index (χ1) is 9.04. The van der Waals surface area contributed by atoms with Gasteiger partial charge in [-0.05, 0) is 12.8 Å². The summed E-state index contributed by atoms with van der Waals surface area (Å²) in [6.45, 7) is 6.58. The zero-order valence-corrected chi connectivity index (χ0v) is 12.5. The number of aromatic nitrogens is 2. The third-order valence-corrected chi connectivity index (χ3v) is 3.93. The number of hydrogen-bond acceptors (Lipinski definition) is 5. The number of imidazole rings is 1. The highest BCUT2D eigenvalue weighted by Crippen LogP contribution is 2.17. The molecule has 2 aromatic rings. The zero-order chi connectivity index (χ0) is 14.0. The van der Waals surface area contributed by atoms with Gasteiger partial charge in [-0.2, -0.15) is 0 Å². The summed E-state index contributed by atoms with van der Waals surface area (Å²) < 4.78 is 6.88. The van der Waals surface area contributed by atoms with E-state index >= 15 is 0 Å². The van der Waals surface area contributed by atoms with Crippen molar-refractivity contribution >= 4 is 22.3 Å². The average molecular weight is 281 g/mol. The van der Waals surface area contributed by atoms with Crippen LogP contribution >= 0.6 is 11.3 Å². The summed E-state index contributed by atoms with van der Waals surface area (Å²) in [6.07, 6.45) is 2.00. The van der Waals surface area contributed by atoms with Gasteiger partial charge in [-0.3, -0.25) is 14.5 Å². The van der Waals surface area contributed by atoms with Crippen LogP contribution in [0.25, 0.3) is 4.96 Å². The Morgan fingerprint density at radius 1 is 1.58 bits per heavy atom. The molecule has 2 heterocycles. The Bertz CT molecular complexity index is 573. The maximum Gasteiger partial charge on any atom is 0.323 e. The van der Waals surface area contributed by atoms with Crippen molar-refractivity contribution in [3.05, 3.63) is 23.0 Å². The van der Waals surface area contributed by atoms with Crippen LogP contribution in [0.2, 0.25) is 0 Å². The standard InChI is InChI=1S/C13H19N3O2S/c1-8(2)11(12(17)18-4)14-7-10-9(3)15-13-16(10)5-6-19-13/h5-6,8,11,14H,7H2,1-4H3. The maximum atomic E-state index is 11.7. The molecule has 19 heavy (non-hydrogen) atoms. The molecule has 5 nitrogen and oxygen atoms in total. The fraction of sp³-hybridized carbons (Fsp3) is 0.538. The van der Waals surface area contributed by atoms with Gasteiger partial charge in [-0.25, -0.2) is 4.98 Å². The van der Waals surface area contributed by atoms with Crippen molar-refractivity contribution in [2.45, 2.75) is 33.4 Å². The normalized spacial score (nSPS) is 13.1. The molecule has 0 aliphatic rings. The molecule has 0 aliphatic carbocycles. The lowest BCUT2D eigenvalue weighted by molar-refractivity contribution is -0.144. The van der Waals surface area contributed by atoms with Crippen LogP contribution in [-0.4, -0.2) is 28.5 Å². The van der Waals surface area contributed by atoms with Crippen LogP contribution in [0.5, 0.6) is 0 Å². The first-order valence-electron chi connectivity index (χ1n) is 6.26. The number of esters is 1. The minimum atomic E-state index is -0.298. The van der Waals surface area contributed by atoms with Crippen LogP contribution in [0.1, 0.15) is 25.2 Å². The number of aryl methyl sites for hydroxylation is 1. The van der Waals surface area contributed by atoms with E-state index in [9.17, 15) is 4.79 Å². The molecule has 1 N–H and O–H groups in total. The Labute approximate surface area is 116 Å². The van der Waals surface area contributed by atoms with Gasteiger partial charge in [0.05, 0.1) is 18.5 Å². The molecule has 0 aliphatic heterocycles. The summed E-state index contributed by atoms with van der Waals surface area (Å²) in [5.74, 6) is -0.0441. The van der Waals surface area contributed by atoms with Gasteiger partial charge in [0.1, 0.15) is 6.04 Å².